The molecule has 0 spiro atoms. The van der Waals surface area contributed by atoms with Crippen LogP contribution in [0.4, 0.5) is 0 Å². The molecule has 0 aliphatic carbocycles. The Morgan fingerprint density at radius 3 is 2.55 bits per heavy atom. The Balaban J connectivity index is 2.59. The molecule has 0 saturated carbocycles. The number of unbranched alkanes of at least 4 members (excludes halogenated alkanes) is 1. The largest absolute Gasteiger partial charge is 0.494 e. The zero-order valence-corrected chi connectivity index (χ0v) is 12.8. The molecule has 0 saturated heterocycles. The zero-order valence-electron chi connectivity index (χ0n) is 12.8. The third-order valence-corrected chi connectivity index (χ3v) is 3.27. The number of hydrogen-bond acceptors (Lipinski definition) is 2. The lowest BCUT2D eigenvalue weighted by Crippen LogP contribution is -2.22. The minimum atomic E-state index is 0.343. The van der Waals surface area contributed by atoms with Gasteiger partial charge in [-0.2, -0.15) is 0 Å². The Morgan fingerprint density at radius 1 is 1.20 bits per heavy atom. The van der Waals surface area contributed by atoms with Crippen LogP contribution in [0.2, 0.25) is 0 Å². The van der Waals surface area contributed by atoms with E-state index in [1.165, 1.54) is 5.56 Å². The molecule has 2 nitrogen and oxygen atoms in total. The predicted octanol–water partition coefficient (Wildman–Crippen LogP) is 4.32. The second-order valence-electron chi connectivity index (χ2n) is 5.02. The molecule has 0 heterocycles. The van der Waals surface area contributed by atoms with Crippen LogP contribution >= 0.6 is 0 Å². The van der Waals surface area contributed by atoms with Gasteiger partial charge < -0.3 is 10.1 Å². The maximum Gasteiger partial charge on any atom is 0.119 e. The summed E-state index contributed by atoms with van der Waals surface area (Å²) in [5.41, 5.74) is 1.29. The first-order valence-electron chi connectivity index (χ1n) is 7.71. The fourth-order valence-corrected chi connectivity index (χ4v) is 2.06. The Morgan fingerprint density at radius 2 is 1.95 bits per heavy atom. The number of rotatable bonds is 10. The lowest BCUT2D eigenvalue weighted by Gasteiger charge is -2.18. The first-order valence-corrected chi connectivity index (χ1v) is 7.71. The van der Waals surface area contributed by atoms with Crippen molar-refractivity contribution in [2.75, 3.05) is 13.2 Å². The molecule has 0 aliphatic rings. The molecule has 1 aromatic carbocycles. The lowest BCUT2D eigenvalue weighted by atomic mass is 10.0. The quantitative estimate of drug-likeness (QED) is 0.506. The minimum absolute atomic E-state index is 0.343. The van der Waals surface area contributed by atoms with Gasteiger partial charge in [-0.25, -0.2) is 0 Å². The van der Waals surface area contributed by atoms with Crippen molar-refractivity contribution < 1.29 is 4.74 Å². The summed E-state index contributed by atoms with van der Waals surface area (Å²) in [6, 6.07) is 8.75. The van der Waals surface area contributed by atoms with Crippen molar-refractivity contribution in [3.63, 3.8) is 0 Å². The molecule has 0 radical (unpaired) electrons. The molecule has 2 heteroatoms. The van der Waals surface area contributed by atoms with Crippen LogP contribution in [-0.2, 0) is 0 Å². The molecular formula is C18H27NO. The normalized spacial score (nSPS) is 11.8. The summed E-state index contributed by atoms with van der Waals surface area (Å²) in [6.07, 6.45) is 10.5. The van der Waals surface area contributed by atoms with Gasteiger partial charge in [-0.05, 0) is 43.5 Å². The summed E-state index contributed by atoms with van der Waals surface area (Å²) in [4.78, 5) is 0. The van der Waals surface area contributed by atoms with Crippen LogP contribution in [-0.4, -0.2) is 13.2 Å². The molecule has 0 fully saturated rings. The number of terminal acetylenes is 1. The molecule has 1 rings (SSSR count). The van der Waals surface area contributed by atoms with Gasteiger partial charge in [0.05, 0.1) is 6.61 Å². The van der Waals surface area contributed by atoms with Crippen LogP contribution in [0.5, 0.6) is 5.75 Å². The van der Waals surface area contributed by atoms with E-state index < -0.39 is 0 Å². The van der Waals surface area contributed by atoms with Gasteiger partial charge in [0.15, 0.2) is 0 Å². The average molecular weight is 273 g/mol. The van der Waals surface area contributed by atoms with Gasteiger partial charge in [0.1, 0.15) is 5.75 Å². The van der Waals surface area contributed by atoms with E-state index in [4.69, 9.17) is 11.2 Å². The van der Waals surface area contributed by atoms with Gasteiger partial charge in [0.2, 0.25) is 0 Å². The third kappa shape index (κ3) is 6.12. The number of hydrogen-bond donors (Lipinski definition) is 1. The van der Waals surface area contributed by atoms with Crippen molar-refractivity contribution in [3.05, 3.63) is 29.8 Å². The standard InChI is InChI=1S/C18H27NO/c1-4-7-9-18(19-14-6-3)16-10-12-17(13-11-16)20-15-8-5-2/h1,10-13,18-19H,5-9,14-15H2,2-3H3. The molecule has 0 bridgehead atoms. The topological polar surface area (TPSA) is 21.3 Å². The number of benzene rings is 1. The van der Waals surface area contributed by atoms with E-state index >= 15 is 0 Å². The summed E-state index contributed by atoms with van der Waals surface area (Å²) in [5, 5.41) is 3.56. The lowest BCUT2D eigenvalue weighted by molar-refractivity contribution is 0.309. The Hall–Kier alpha value is -1.46. The van der Waals surface area contributed by atoms with E-state index in [0.29, 0.717) is 6.04 Å². The third-order valence-electron chi connectivity index (χ3n) is 3.27. The Kier molecular flexibility index (Phi) is 8.58. The maximum absolute atomic E-state index is 5.69. The van der Waals surface area contributed by atoms with Gasteiger partial charge in [0.25, 0.3) is 0 Å². The fourth-order valence-electron chi connectivity index (χ4n) is 2.06. The average Bonchev–Trinajstić information content (AvgIpc) is 2.49. The van der Waals surface area contributed by atoms with E-state index in [9.17, 15) is 0 Å². The molecule has 0 amide bonds. The molecule has 20 heavy (non-hydrogen) atoms. The van der Waals surface area contributed by atoms with Crippen LogP contribution < -0.4 is 10.1 Å². The molecule has 1 atom stereocenters. The molecular weight excluding hydrogens is 246 g/mol. The highest BCUT2D eigenvalue weighted by Gasteiger charge is 2.09. The van der Waals surface area contributed by atoms with Crippen molar-refractivity contribution in [1.82, 2.24) is 5.32 Å². The summed E-state index contributed by atoms with van der Waals surface area (Å²) >= 11 is 0. The molecule has 1 N–H and O–H groups in total. The van der Waals surface area contributed by atoms with Gasteiger partial charge in [0, 0.05) is 12.5 Å². The first kappa shape index (κ1) is 16.6. The van der Waals surface area contributed by atoms with E-state index in [1.54, 1.807) is 0 Å². The van der Waals surface area contributed by atoms with E-state index in [1.807, 2.05) is 0 Å². The van der Waals surface area contributed by atoms with Crippen LogP contribution in [0.1, 0.15) is 57.6 Å². The molecule has 0 aliphatic heterocycles. The highest BCUT2D eigenvalue weighted by atomic mass is 16.5. The second-order valence-corrected chi connectivity index (χ2v) is 5.02. The molecule has 1 unspecified atom stereocenters. The van der Waals surface area contributed by atoms with Gasteiger partial charge in [-0.1, -0.05) is 32.4 Å². The monoisotopic (exact) mass is 273 g/mol. The fraction of sp³-hybridized carbons (Fsp3) is 0.556. The number of nitrogens with one attached hydrogen (secondary N) is 1. The van der Waals surface area contributed by atoms with Crippen molar-refractivity contribution in [1.29, 1.82) is 0 Å². The van der Waals surface area contributed by atoms with Crippen LogP contribution in [0.25, 0.3) is 0 Å². The number of ether oxygens (including phenoxy) is 1. The summed E-state index contributed by atoms with van der Waals surface area (Å²) in [7, 11) is 0. The van der Waals surface area contributed by atoms with Gasteiger partial charge in [-0.15, -0.1) is 12.3 Å². The first-order chi connectivity index (χ1) is 9.81. The predicted molar refractivity (Wildman–Crippen MR) is 85.9 cm³/mol. The van der Waals surface area contributed by atoms with Crippen molar-refractivity contribution >= 4 is 0 Å². The van der Waals surface area contributed by atoms with Crippen molar-refractivity contribution in [2.45, 2.75) is 52.0 Å². The summed E-state index contributed by atoms with van der Waals surface area (Å²) < 4.78 is 5.69. The van der Waals surface area contributed by atoms with E-state index in [2.05, 4.69) is 49.4 Å². The highest BCUT2D eigenvalue weighted by Crippen LogP contribution is 2.21. The Labute approximate surface area is 123 Å². The summed E-state index contributed by atoms with van der Waals surface area (Å²) in [5.74, 6) is 3.68. The SMILES string of the molecule is C#CCCC(NCCC)c1ccc(OCCCC)cc1. The van der Waals surface area contributed by atoms with Crippen LogP contribution in [0.15, 0.2) is 24.3 Å². The Bertz CT molecular complexity index is 391. The van der Waals surface area contributed by atoms with E-state index in [-0.39, 0.29) is 0 Å². The van der Waals surface area contributed by atoms with Gasteiger partial charge >= 0.3 is 0 Å². The molecule has 110 valence electrons. The maximum atomic E-state index is 5.69. The molecule has 1 aromatic rings. The minimum Gasteiger partial charge on any atom is -0.494 e. The summed E-state index contributed by atoms with van der Waals surface area (Å²) in [6.45, 7) is 6.16. The second kappa shape index (κ2) is 10.3. The van der Waals surface area contributed by atoms with Crippen LogP contribution in [0, 0.1) is 12.3 Å². The van der Waals surface area contributed by atoms with Crippen LogP contribution in [0.3, 0.4) is 0 Å². The molecule has 0 aromatic heterocycles. The highest BCUT2D eigenvalue weighted by molar-refractivity contribution is 5.29. The van der Waals surface area contributed by atoms with Crippen molar-refractivity contribution in [3.8, 4) is 18.1 Å². The van der Waals surface area contributed by atoms with Crippen molar-refractivity contribution in [2.24, 2.45) is 0 Å². The van der Waals surface area contributed by atoms with Gasteiger partial charge in [-0.3, -0.25) is 0 Å². The smallest absolute Gasteiger partial charge is 0.119 e. The zero-order chi connectivity index (χ0) is 14.6. The van der Waals surface area contributed by atoms with E-state index in [0.717, 1.165) is 51.0 Å².